The maximum absolute atomic E-state index is 3.83. The van der Waals surface area contributed by atoms with Crippen molar-refractivity contribution < 1.29 is 0 Å². The van der Waals surface area contributed by atoms with Gasteiger partial charge in [-0.3, -0.25) is 0 Å². The Labute approximate surface area is 105 Å². The Hall–Kier alpha value is 0.270. The molecule has 1 N–H and O–H groups in total. The van der Waals surface area contributed by atoms with E-state index in [9.17, 15) is 0 Å². The van der Waals surface area contributed by atoms with Crippen LogP contribution in [-0.4, -0.2) is 48.1 Å². The first-order chi connectivity index (χ1) is 7.64. The predicted octanol–water partition coefficient (Wildman–Crippen LogP) is 2.34. The summed E-state index contributed by atoms with van der Waals surface area (Å²) in [6, 6.07) is 0.746. The normalized spacial score (nSPS) is 33.8. The third-order valence-corrected chi connectivity index (χ3v) is 5.91. The van der Waals surface area contributed by atoms with Crippen molar-refractivity contribution in [2.75, 3.05) is 26.4 Å². The van der Waals surface area contributed by atoms with E-state index in [1.807, 2.05) is 0 Å². The molecule has 2 aliphatic rings. The van der Waals surface area contributed by atoms with Crippen LogP contribution >= 0.6 is 11.8 Å². The summed E-state index contributed by atoms with van der Waals surface area (Å²) >= 11 is 2.13. The standard InChI is InChI=1S/C13H26N2S/c1-11-12(6-4-9-16-11)14-10-13(15(2)3)7-5-8-13/h11-12,14H,4-10H2,1-3H3. The first-order valence-electron chi connectivity index (χ1n) is 6.66. The summed E-state index contributed by atoms with van der Waals surface area (Å²) in [5.74, 6) is 1.36. The molecular weight excluding hydrogens is 216 g/mol. The minimum atomic E-state index is 0.474. The lowest BCUT2D eigenvalue weighted by Crippen LogP contribution is -2.58. The van der Waals surface area contributed by atoms with Crippen LogP contribution in [0.4, 0.5) is 0 Å². The van der Waals surface area contributed by atoms with Crippen LogP contribution in [0.15, 0.2) is 0 Å². The van der Waals surface area contributed by atoms with Gasteiger partial charge in [-0.05, 0) is 52.0 Å². The molecule has 0 bridgehead atoms. The van der Waals surface area contributed by atoms with Crippen molar-refractivity contribution >= 4 is 11.8 Å². The summed E-state index contributed by atoms with van der Waals surface area (Å²) < 4.78 is 0. The van der Waals surface area contributed by atoms with Gasteiger partial charge in [0.25, 0.3) is 0 Å². The van der Waals surface area contributed by atoms with Gasteiger partial charge in [0.15, 0.2) is 0 Å². The van der Waals surface area contributed by atoms with Crippen molar-refractivity contribution in [3.05, 3.63) is 0 Å². The van der Waals surface area contributed by atoms with Crippen molar-refractivity contribution in [2.24, 2.45) is 0 Å². The number of nitrogens with zero attached hydrogens (tertiary/aromatic N) is 1. The van der Waals surface area contributed by atoms with E-state index >= 15 is 0 Å². The van der Waals surface area contributed by atoms with Gasteiger partial charge in [0.1, 0.15) is 0 Å². The molecule has 16 heavy (non-hydrogen) atoms. The third-order valence-electron chi connectivity index (χ3n) is 4.53. The molecule has 0 aromatic rings. The first kappa shape index (κ1) is 12.7. The second-order valence-corrected chi connectivity index (χ2v) is 7.16. The monoisotopic (exact) mass is 242 g/mol. The Morgan fingerprint density at radius 1 is 1.31 bits per heavy atom. The topological polar surface area (TPSA) is 15.3 Å². The second-order valence-electron chi connectivity index (χ2n) is 5.68. The minimum Gasteiger partial charge on any atom is -0.311 e. The van der Waals surface area contributed by atoms with E-state index in [2.05, 4.69) is 43.0 Å². The van der Waals surface area contributed by atoms with Crippen molar-refractivity contribution in [3.8, 4) is 0 Å². The minimum absolute atomic E-state index is 0.474. The molecule has 2 nitrogen and oxygen atoms in total. The number of thioether (sulfide) groups is 1. The smallest absolute Gasteiger partial charge is 0.0328 e. The van der Waals surface area contributed by atoms with Crippen LogP contribution in [0.3, 0.4) is 0 Å². The van der Waals surface area contributed by atoms with Gasteiger partial charge in [0.05, 0.1) is 0 Å². The maximum Gasteiger partial charge on any atom is 0.0328 e. The van der Waals surface area contributed by atoms with Crippen LogP contribution in [-0.2, 0) is 0 Å². The molecule has 94 valence electrons. The Morgan fingerprint density at radius 3 is 2.56 bits per heavy atom. The highest BCUT2D eigenvalue weighted by molar-refractivity contribution is 7.99. The molecule has 2 rings (SSSR count). The molecule has 2 fully saturated rings. The van der Waals surface area contributed by atoms with Gasteiger partial charge in [0.2, 0.25) is 0 Å². The van der Waals surface area contributed by atoms with Gasteiger partial charge in [-0.2, -0.15) is 11.8 Å². The maximum atomic E-state index is 3.83. The van der Waals surface area contributed by atoms with Crippen molar-refractivity contribution in [2.45, 2.75) is 55.9 Å². The van der Waals surface area contributed by atoms with Crippen molar-refractivity contribution in [1.82, 2.24) is 10.2 Å². The molecule has 0 radical (unpaired) electrons. The van der Waals surface area contributed by atoms with Gasteiger partial charge in [0, 0.05) is 23.4 Å². The predicted molar refractivity (Wildman–Crippen MR) is 73.2 cm³/mol. The molecule has 3 heteroatoms. The van der Waals surface area contributed by atoms with E-state index in [1.165, 1.54) is 44.4 Å². The zero-order valence-electron chi connectivity index (χ0n) is 11.0. The van der Waals surface area contributed by atoms with E-state index < -0.39 is 0 Å². The van der Waals surface area contributed by atoms with E-state index in [1.54, 1.807) is 0 Å². The zero-order valence-corrected chi connectivity index (χ0v) is 11.8. The van der Waals surface area contributed by atoms with Crippen LogP contribution in [0.1, 0.15) is 39.0 Å². The van der Waals surface area contributed by atoms with Crippen LogP contribution in [0.2, 0.25) is 0 Å². The Kier molecular flexibility index (Phi) is 4.20. The molecule has 1 aliphatic carbocycles. The number of likely N-dealkylation sites (N-methyl/N-ethyl adjacent to an activating group) is 1. The first-order valence-corrected chi connectivity index (χ1v) is 7.71. The van der Waals surface area contributed by atoms with Crippen molar-refractivity contribution in [3.63, 3.8) is 0 Å². The Morgan fingerprint density at radius 2 is 2.06 bits per heavy atom. The Balaban J connectivity index is 1.81. The number of hydrogen-bond acceptors (Lipinski definition) is 3. The largest absolute Gasteiger partial charge is 0.311 e. The molecule has 0 spiro atoms. The highest BCUT2D eigenvalue weighted by Gasteiger charge is 2.39. The van der Waals surface area contributed by atoms with Crippen LogP contribution in [0.5, 0.6) is 0 Å². The number of nitrogens with one attached hydrogen (secondary N) is 1. The van der Waals surface area contributed by atoms with Gasteiger partial charge >= 0.3 is 0 Å². The molecule has 1 heterocycles. The zero-order chi connectivity index (χ0) is 11.6. The lowest BCUT2D eigenvalue weighted by atomic mass is 9.75. The molecule has 1 aliphatic heterocycles. The van der Waals surface area contributed by atoms with Gasteiger partial charge in [-0.1, -0.05) is 6.92 Å². The summed E-state index contributed by atoms with van der Waals surface area (Å²) in [4.78, 5) is 2.43. The lowest BCUT2D eigenvalue weighted by molar-refractivity contribution is 0.0567. The third kappa shape index (κ3) is 2.57. The quantitative estimate of drug-likeness (QED) is 0.814. The number of hydrogen-bond donors (Lipinski definition) is 1. The molecule has 1 saturated carbocycles. The molecule has 0 aromatic carbocycles. The lowest BCUT2D eigenvalue weighted by Gasteiger charge is -2.48. The SMILES string of the molecule is CC1SCCCC1NCC1(N(C)C)CCC1. The summed E-state index contributed by atoms with van der Waals surface area (Å²) in [5, 5.41) is 4.63. The molecule has 0 aromatic heterocycles. The summed E-state index contributed by atoms with van der Waals surface area (Å²) in [7, 11) is 4.47. The molecule has 2 atom stereocenters. The van der Waals surface area contributed by atoms with Gasteiger partial charge in [-0.15, -0.1) is 0 Å². The molecule has 0 amide bonds. The summed E-state index contributed by atoms with van der Waals surface area (Å²) in [6.07, 6.45) is 6.93. The fourth-order valence-corrected chi connectivity index (χ4v) is 4.05. The highest BCUT2D eigenvalue weighted by atomic mass is 32.2. The highest BCUT2D eigenvalue weighted by Crippen LogP contribution is 2.36. The van der Waals surface area contributed by atoms with Crippen LogP contribution < -0.4 is 5.32 Å². The van der Waals surface area contributed by atoms with E-state index in [0.717, 1.165) is 11.3 Å². The van der Waals surface area contributed by atoms with Gasteiger partial charge < -0.3 is 10.2 Å². The average molecular weight is 242 g/mol. The molecule has 2 unspecified atom stereocenters. The second kappa shape index (κ2) is 5.28. The van der Waals surface area contributed by atoms with Crippen LogP contribution in [0.25, 0.3) is 0 Å². The van der Waals surface area contributed by atoms with E-state index in [0.29, 0.717) is 5.54 Å². The van der Waals surface area contributed by atoms with E-state index in [-0.39, 0.29) is 0 Å². The van der Waals surface area contributed by atoms with E-state index in [4.69, 9.17) is 0 Å². The summed E-state index contributed by atoms with van der Waals surface area (Å²) in [6.45, 7) is 3.57. The fourth-order valence-electron chi connectivity index (χ4n) is 2.88. The number of rotatable bonds is 4. The Bertz CT molecular complexity index is 226. The fraction of sp³-hybridized carbons (Fsp3) is 1.00. The van der Waals surface area contributed by atoms with Crippen molar-refractivity contribution in [1.29, 1.82) is 0 Å². The summed E-state index contributed by atoms with van der Waals surface area (Å²) in [5.41, 5.74) is 0.474. The molecule has 1 saturated heterocycles. The van der Waals surface area contributed by atoms with Crippen LogP contribution in [0, 0.1) is 0 Å². The molecular formula is C13H26N2S. The van der Waals surface area contributed by atoms with Gasteiger partial charge in [-0.25, -0.2) is 0 Å². The average Bonchev–Trinajstić information content (AvgIpc) is 2.18.